The van der Waals surface area contributed by atoms with Gasteiger partial charge in [0.25, 0.3) is 0 Å². The number of methoxy groups -OCH3 is 1. The van der Waals surface area contributed by atoms with Gasteiger partial charge < -0.3 is 14.4 Å². The number of rotatable bonds is 18. The summed E-state index contributed by atoms with van der Waals surface area (Å²) in [6, 6.07) is 8.00. The van der Waals surface area contributed by atoms with E-state index in [1.807, 2.05) is 24.3 Å². The zero-order valence-corrected chi connectivity index (χ0v) is 19.1. The van der Waals surface area contributed by atoms with Crippen LogP contribution in [0.5, 0.6) is 5.75 Å². The minimum Gasteiger partial charge on any atom is -0.492 e. The van der Waals surface area contributed by atoms with E-state index < -0.39 is 0 Å². The van der Waals surface area contributed by atoms with Gasteiger partial charge in [-0.15, -0.1) is 0 Å². The summed E-state index contributed by atoms with van der Waals surface area (Å²) in [5, 5.41) is 0. The van der Waals surface area contributed by atoms with Gasteiger partial charge in [-0.25, -0.2) is 0 Å². The van der Waals surface area contributed by atoms with E-state index in [1.54, 1.807) is 0 Å². The number of aryl methyl sites for hydroxylation is 1. The minimum absolute atomic E-state index is 0.171. The molecule has 0 aliphatic carbocycles. The Morgan fingerprint density at radius 2 is 1.45 bits per heavy atom. The van der Waals surface area contributed by atoms with E-state index in [2.05, 4.69) is 23.6 Å². The number of carbonyl (C=O) groups is 1. The molecule has 0 fully saturated rings. The summed E-state index contributed by atoms with van der Waals surface area (Å²) in [5.41, 5.74) is 1.13. The quantitative estimate of drug-likeness (QED) is 0.221. The number of hydrogen-bond donors (Lipinski definition) is 0. The van der Waals surface area contributed by atoms with E-state index >= 15 is 0 Å². The predicted molar refractivity (Wildman–Crippen MR) is 122 cm³/mol. The zero-order valence-electron chi connectivity index (χ0n) is 19.1. The lowest BCUT2D eigenvalue weighted by molar-refractivity contribution is -0.140. The van der Waals surface area contributed by atoms with Crippen molar-refractivity contribution in [3.63, 3.8) is 0 Å². The van der Waals surface area contributed by atoms with Gasteiger partial charge in [-0.1, -0.05) is 76.8 Å². The molecular weight excluding hydrogens is 362 g/mol. The van der Waals surface area contributed by atoms with Crippen LogP contribution >= 0.6 is 0 Å². The van der Waals surface area contributed by atoms with Crippen molar-refractivity contribution >= 4 is 5.97 Å². The van der Waals surface area contributed by atoms with Crippen LogP contribution < -0.4 is 4.74 Å². The van der Waals surface area contributed by atoms with E-state index in [4.69, 9.17) is 4.74 Å². The fourth-order valence-corrected chi connectivity index (χ4v) is 3.40. The fourth-order valence-electron chi connectivity index (χ4n) is 3.40. The Hall–Kier alpha value is -1.55. The monoisotopic (exact) mass is 405 g/mol. The van der Waals surface area contributed by atoms with Gasteiger partial charge in [0.2, 0.25) is 0 Å². The van der Waals surface area contributed by atoms with Crippen molar-refractivity contribution in [2.75, 3.05) is 33.9 Å². The van der Waals surface area contributed by atoms with E-state index in [0.717, 1.165) is 24.4 Å². The Kier molecular flexibility index (Phi) is 15.2. The molecule has 0 atom stereocenters. The number of hydrogen-bond acceptors (Lipinski definition) is 4. The second-order valence-corrected chi connectivity index (χ2v) is 8.05. The Labute approximate surface area is 179 Å². The molecule has 166 valence electrons. The van der Waals surface area contributed by atoms with Gasteiger partial charge >= 0.3 is 5.97 Å². The molecule has 0 amide bonds. The Morgan fingerprint density at radius 3 is 2.03 bits per heavy atom. The van der Waals surface area contributed by atoms with Crippen LogP contribution in [0.1, 0.15) is 83.1 Å². The topological polar surface area (TPSA) is 38.8 Å². The Balaban J connectivity index is 1.99. The zero-order chi connectivity index (χ0) is 21.2. The Bertz CT molecular complexity index is 515. The van der Waals surface area contributed by atoms with Crippen LogP contribution in [0.15, 0.2) is 24.3 Å². The number of benzene rings is 1. The summed E-state index contributed by atoms with van der Waals surface area (Å²) in [4.78, 5) is 13.5. The first kappa shape index (κ1) is 25.5. The third-order valence-electron chi connectivity index (χ3n) is 5.40. The van der Waals surface area contributed by atoms with Crippen LogP contribution in [-0.4, -0.2) is 44.7 Å². The molecule has 0 radical (unpaired) electrons. The van der Waals surface area contributed by atoms with Crippen LogP contribution in [0.3, 0.4) is 0 Å². The maximum atomic E-state index is 11.2. The molecule has 29 heavy (non-hydrogen) atoms. The highest BCUT2D eigenvalue weighted by Crippen LogP contribution is 2.14. The number of likely N-dealkylation sites (N-methyl/N-ethyl adjacent to an activating group) is 1. The highest BCUT2D eigenvalue weighted by molar-refractivity contribution is 5.69. The van der Waals surface area contributed by atoms with Crippen molar-refractivity contribution in [2.45, 2.75) is 84.0 Å². The summed E-state index contributed by atoms with van der Waals surface area (Å²) < 4.78 is 10.5. The number of unbranched alkanes of at least 4 members (excludes halogenated alkanes) is 9. The van der Waals surface area contributed by atoms with Crippen molar-refractivity contribution in [1.82, 2.24) is 4.90 Å². The number of carbonyl (C=O) groups excluding carboxylic acids is 1. The largest absolute Gasteiger partial charge is 0.492 e. The van der Waals surface area contributed by atoms with Crippen molar-refractivity contribution in [3.05, 3.63) is 29.8 Å². The molecule has 0 unspecified atom stereocenters. The summed E-state index contributed by atoms with van der Waals surface area (Å²) in [7, 11) is 3.60. The molecule has 0 aliphatic rings. The van der Waals surface area contributed by atoms with Crippen LogP contribution in [0.4, 0.5) is 0 Å². The molecule has 0 saturated heterocycles. The predicted octanol–water partition coefficient (Wildman–Crippen LogP) is 6.02. The number of ether oxygens (including phenoxy) is 2. The van der Waals surface area contributed by atoms with Crippen LogP contribution in [0.25, 0.3) is 0 Å². The van der Waals surface area contributed by atoms with Gasteiger partial charge in [0.1, 0.15) is 12.4 Å². The molecule has 0 aliphatic heterocycles. The average Bonchev–Trinajstić information content (AvgIpc) is 2.74. The van der Waals surface area contributed by atoms with Gasteiger partial charge in [0.05, 0.1) is 7.11 Å². The molecular formula is C25H43NO3. The molecule has 1 aromatic carbocycles. The minimum atomic E-state index is -0.171. The molecule has 0 aromatic heterocycles. The molecule has 0 bridgehead atoms. The summed E-state index contributed by atoms with van der Waals surface area (Å²) in [5.74, 6) is 0.718. The molecule has 1 aromatic rings. The summed E-state index contributed by atoms with van der Waals surface area (Å²) >= 11 is 0. The van der Waals surface area contributed by atoms with E-state index in [0.29, 0.717) is 19.4 Å². The lowest BCUT2D eigenvalue weighted by Crippen LogP contribution is -2.25. The Morgan fingerprint density at radius 1 is 0.862 bits per heavy atom. The van der Waals surface area contributed by atoms with Gasteiger partial charge in [0.15, 0.2) is 0 Å². The lowest BCUT2D eigenvalue weighted by atomic mass is 10.1. The first-order chi connectivity index (χ1) is 14.2. The molecule has 1 rings (SSSR count). The second-order valence-electron chi connectivity index (χ2n) is 8.05. The van der Waals surface area contributed by atoms with E-state index in [9.17, 15) is 4.79 Å². The highest BCUT2D eigenvalue weighted by atomic mass is 16.5. The second kappa shape index (κ2) is 17.3. The summed E-state index contributed by atoms with van der Waals surface area (Å²) in [6.45, 7) is 5.07. The van der Waals surface area contributed by atoms with Gasteiger partial charge in [-0.05, 0) is 44.1 Å². The normalized spacial score (nSPS) is 11.0. The van der Waals surface area contributed by atoms with Crippen molar-refractivity contribution in [2.24, 2.45) is 0 Å². The summed E-state index contributed by atoms with van der Waals surface area (Å²) in [6.07, 6.45) is 14.9. The third kappa shape index (κ3) is 14.1. The molecule has 0 saturated carbocycles. The highest BCUT2D eigenvalue weighted by Gasteiger charge is 2.03. The molecule has 0 spiro atoms. The van der Waals surface area contributed by atoms with Gasteiger partial charge in [0, 0.05) is 13.0 Å². The molecule has 0 heterocycles. The van der Waals surface area contributed by atoms with E-state index in [1.165, 1.54) is 71.3 Å². The van der Waals surface area contributed by atoms with Crippen LogP contribution in [0, 0.1) is 0 Å². The van der Waals surface area contributed by atoms with Crippen molar-refractivity contribution in [1.29, 1.82) is 0 Å². The maximum Gasteiger partial charge on any atom is 0.305 e. The molecule has 4 heteroatoms. The first-order valence-electron chi connectivity index (χ1n) is 11.6. The fraction of sp³-hybridized carbons (Fsp3) is 0.720. The molecule has 4 nitrogen and oxygen atoms in total. The standard InChI is InChI=1S/C25H43NO3/c1-4-5-6-7-8-9-10-11-12-13-20-26(2)21-22-29-24-17-14-23(15-18-24)16-19-25(27)28-3/h14-15,17-18H,4-13,16,19-22H2,1-3H3. The van der Waals surface area contributed by atoms with Crippen LogP contribution in [0.2, 0.25) is 0 Å². The smallest absolute Gasteiger partial charge is 0.305 e. The van der Waals surface area contributed by atoms with Gasteiger partial charge in [-0.2, -0.15) is 0 Å². The third-order valence-corrected chi connectivity index (χ3v) is 5.40. The lowest BCUT2D eigenvalue weighted by Gasteiger charge is -2.17. The van der Waals surface area contributed by atoms with Crippen molar-refractivity contribution in [3.8, 4) is 5.75 Å². The van der Waals surface area contributed by atoms with E-state index in [-0.39, 0.29) is 5.97 Å². The van der Waals surface area contributed by atoms with Crippen LogP contribution in [-0.2, 0) is 16.0 Å². The van der Waals surface area contributed by atoms with Crippen molar-refractivity contribution < 1.29 is 14.3 Å². The average molecular weight is 406 g/mol. The molecule has 0 N–H and O–H groups in total. The SMILES string of the molecule is CCCCCCCCCCCCN(C)CCOc1ccc(CCC(=O)OC)cc1. The number of esters is 1. The van der Waals surface area contributed by atoms with Gasteiger partial charge in [-0.3, -0.25) is 4.79 Å². The maximum absolute atomic E-state index is 11.2. The first-order valence-corrected chi connectivity index (χ1v) is 11.6. The number of nitrogens with zero attached hydrogens (tertiary/aromatic N) is 1.